The molecule has 15 heteroatoms. The molecule has 4 aromatic rings. The number of nitriles is 2. The number of hydrogen-bond acceptors (Lipinski definition) is 10. The molecule has 0 heterocycles. The summed E-state index contributed by atoms with van der Waals surface area (Å²) >= 11 is 0. The maximum absolute atomic E-state index is 12.4. The van der Waals surface area contributed by atoms with Crippen LogP contribution in [0.25, 0.3) is 0 Å². The van der Waals surface area contributed by atoms with Gasteiger partial charge in [0.2, 0.25) is 5.82 Å². The van der Waals surface area contributed by atoms with Gasteiger partial charge in [-0.25, -0.2) is 0 Å². The minimum atomic E-state index is -0.799. The molecule has 0 aliphatic heterocycles. The van der Waals surface area contributed by atoms with E-state index in [4.69, 9.17) is 21.0 Å². The third-order valence-electron chi connectivity index (χ3n) is 8.20. The van der Waals surface area contributed by atoms with Gasteiger partial charge in [-0.2, -0.15) is 14.9 Å². The van der Waals surface area contributed by atoms with E-state index in [2.05, 4.69) is 72.4 Å². The van der Waals surface area contributed by atoms with E-state index in [0.717, 1.165) is 82.4 Å². The van der Waals surface area contributed by atoms with Crippen molar-refractivity contribution >= 4 is 23.5 Å². The van der Waals surface area contributed by atoms with Crippen molar-refractivity contribution in [3.8, 4) is 12.1 Å². The molecule has 0 saturated carbocycles. The van der Waals surface area contributed by atoms with Gasteiger partial charge in [-0.3, -0.25) is 25.0 Å². The van der Waals surface area contributed by atoms with E-state index in [1.165, 1.54) is 12.1 Å². The predicted octanol–water partition coefficient (Wildman–Crippen LogP) is 3.28. The van der Waals surface area contributed by atoms with Gasteiger partial charge in [-0.05, 0) is 108 Å². The van der Waals surface area contributed by atoms with Gasteiger partial charge in [-0.15, -0.1) is 0 Å². The molecule has 0 bridgehead atoms. The molecule has 4 aromatic carbocycles. The smallest absolute Gasteiger partial charge is 1.00 e. The van der Waals surface area contributed by atoms with Gasteiger partial charge >= 0.3 is 143 Å². The van der Waals surface area contributed by atoms with Crippen LogP contribution in [-0.2, 0) is 41.8 Å². The summed E-state index contributed by atoms with van der Waals surface area (Å²) < 4.78 is 12.4. The Kier molecular flexibility index (Phi) is 31.7. The molecule has 0 aliphatic carbocycles. The number of nitrogens with zero attached hydrogens (tertiary/aromatic N) is 4. The monoisotopic (exact) mass is 1050 g/mol. The minimum Gasteiger partial charge on any atom is -1.00 e. The number of carbonyl (C=O) groups is 1. The second-order valence-corrected chi connectivity index (χ2v) is 15.1. The van der Waals surface area contributed by atoms with E-state index < -0.39 is 16.4 Å². The van der Waals surface area contributed by atoms with Crippen molar-refractivity contribution in [2.45, 2.75) is 87.5 Å². The van der Waals surface area contributed by atoms with Crippen LogP contribution in [0, 0.1) is 72.4 Å². The molecule has 0 amide bonds. The van der Waals surface area contributed by atoms with Crippen molar-refractivity contribution in [3.05, 3.63) is 143 Å². The number of halogens is 1. The zero-order valence-electron chi connectivity index (χ0n) is 37.0. The Morgan fingerprint density at radius 1 is 0.678 bits per heavy atom. The number of carbonyl (C=O) groups excluding carboxylic acids is 1. The largest absolute Gasteiger partial charge is 1.00 e. The van der Waals surface area contributed by atoms with Crippen LogP contribution in [0.5, 0.6) is 0 Å². The summed E-state index contributed by atoms with van der Waals surface area (Å²) in [5.41, 5.74) is 14.5. The molecule has 0 fully saturated rings. The zero-order valence-corrected chi connectivity index (χ0v) is 48.5. The van der Waals surface area contributed by atoms with Gasteiger partial charge in [-0.1, -0.05) is 85.7 Å². The van der Waals surface area contributed by atoms with Gasteiger partial charge in [0.05, 0.1) is 33.1 Å². The third-order valence-corrected chi connectivity index (χ3v) is 8.20. The van der Waals surface area contributed by atoms with Crippen molar-refractivity contribution in [2.24, 2.45) is 23.7 Å². The summed E-state index contributed by atoms with van der Waals surface area (Å²) in [6, 6.07) is 24.2. The molecule has 0 radical (unpaired) electrons. The Morgan fingerprint density at radius 3 is 1.34 bits per heavy atom. The minimum absolute atomic E-state index is 0. The maximum atomic E-state index is 12.4. The SMILES string of the molecule is CC(C)Cc1cc(C#N)cc(CC(C)C)c1Cc1ccccc1[N+](=O)[O-].CC(C)Cc1cc(C#N)cc(CC(C)C)c1N.O=CO[O-].O=[N+]([O-])c1ccccc1F.[Cs+].[Cs+].[H-]. The van der Waals surface area contributed by atoms with Crippen LogP contribution in [0.3, 0.4) is 0 Å². The zero-order chi connectivity index (χ0) is 43.2. The topological polar surface area (TPSA) is 209 Å². The van der Waals surface area contributed by atoms with Gasteiger partial charge < -0.3 is 17.3 Å². The molecule has 12 nitrogen and oxygen atoms in total. The van der Waals surface area contributed by atoms with E-state index in [-0.39, 0.29) is 156 Å². The van der Waals surface area contributed by atoms with E-state index in [9.17, 15) is 29.9 Å². The predicted molar refractivity (Wildman–Crippen MR) is 218 cm³/mol. The molecule has 2 N–H and O–H groups in total. The number of nitro groups is 2. The summed E-state index contributed by atoms with van der Waals surface area (Å²) in [6.07, 6.45) is 4.11. The van der Waals surface area contributed by atoms with E-state index in [0.29, 0.717) is 35.7 Å². The molecule has 0 unspecified atom stereocenters. The first kappa shape index (κ1) is 59.0. The van der Waals surface area contributed by atoms with E-state index >= 15 is 0 Å². The number of nitrogens with two attached hydrogens (primary N) is 1. The molecule has 0 spiro atoms. The fraction of sp³-hybridized carbons (Fsp3) is 0.386. The van der Waals surface area contributed by atoms with E-state index in [1.54, 1.807) is 12.1 Å². The van der Waals surface area contributed by atoms with Gasteiger partial charge in [0, 0.05) is 29.8 Å². The van der Waals surface area contributed by atoms with Crippen LogP contribution in [0.1, 0.15) is 101 Å². The molecular weight excluding hydrogens is 995 g/mol. The van der Waals surface area contributed by atoms with Crippen LogP contribution in [-0.4, -0.2) is 16.3 Å². The van der Waals surface area contributed by atoms with Crippen molar-refractivity contribution in [1.82, 2.24) is 0 Å². The standard InChI is InChI=1S/C22H26N2O2.C15H22N2.C6H4FNO2.CH2O3.2Cs.H/c1-15(2)9-19-11-17(14-23)12-20(10-16(3)4)21(19)13-18-7-5-6-8-22(18)24(25)26;1-10(2)5-13-7-12(9-16)8-14(15(13)17)6-11(3)4;7-5-3-1-2-4-6(5)8(9)10;2-1-4-3;;;/h5-8,11-12,15-16H,9-10,13H2,1-4H3;7-8,10-11H,5-6,17H2,1-4H3;1-4H;1,3H;;;/q;;;;2*+1;-1/p-1. The first-order valence-corrected chi connectivity index (χ1v) is 18.6. The third kappa shape index (κ3) is 22.5. The van der Waals surface area contributed by atoms with Crippen LogP contribution in [0.2, 0.25) is 0 Å². The molecule has 0 saturated heterocycles. The molecule has 0 atom stereocenters. The van der Waals surface area contributed by atoms with Gasteiger partial charge in [0.1, 0.15) is 0 Å². The fourth-order valence-electron chi connectivity index (χ4n) is 6.02. The number of anilines is 1. The number of nitrogen functional groups attached to an aromatic ring is 1. The molecule has 0 aromatic heterocycles. The Hall–Kier alpha value is -2.08. The summed E-state index contributed by atoms with van der Waals surface area (Å²) in [4.78, 5) is 31.6. The molecular formula is C44H54Cs2FN5O7. The first-order chi connectivity index (χ1) is 26.9. The van der Waals surface area contributed by atoms with Crippen molar-refractivity contribution in [1.29, 1.82) is 10.5 Å². The van der Waals surface area contributed by atoms with Crippen LogP contribution < -0.4 is 149 Å². The first-order valence-electron chi connectivity index (χ1n) is 18.6. The van der Waals surface area contributed by atoms with Crippen LogP contribution in [0.15, 0.2) is 72.8 Å². The molecule has 4 rings (SSSR count). The van der Waals surface area contributed by atoms with E-state index in [1.807, 2.05) is 36.4 Å². The Labute approximate surface area is 467 Å². The normalized spacial score (nSPS) is 9.90. The van der Waals surface area contributed by atoms with Crippen LogP contribution in [0.4, 0.5) is 21.5 Å². The number of nitro benzene ring substituents is 2. The van der Waals surface area contributed by atoms with Crippen molar-refractivity contribution in [2.75, 3.05) is 5.73 Å². The quantitative estimate of drug-likeness (QED) is 0.0680. The molecule has 59 heavy (non-hydrogen) atoms. The molecule has 0 aliphatic rings. The Morgan fingerprint density at radius 2 is 1.02 bits per heavy atom. The van der Waals surface area contributed by atoms with Crippen molar-refractivity contribution in [3.63, 3.8) is 0 Å². The fourth-order valence-corrected chi connectivity index (χ4v) is 6.02. The number of para-hydroxylation sites is 2. The number of hydrogen-bond donors (Lipinski definition) is 1. The summed E-state index contributed by atoms with van der Waals surface area (Å²) in [5, 5.41) is 48.3. The number of benzene rings is 4. The summed E-state index contributed by atoms with van der Waals surface area (Å²) in [5.74, 6) is 1.20. The number of rotatable bonds is 13. The van der Waals surface area contributed by atoms with Crippen molar-refractivity contribution < 1.29 is 168 Å². The summed E-state index contributed by atoms with van der Waals surface area (Å²) in [7, 11) is 0. The average molecular weight is 1050 g/mol. The Balaban J connectivity index is -0.000000823. The van der Waals surface area contributed by atoms with Gasteiger partial charge in [0.15, 0.2) is 0 Å². The maximum Gasteiger partial charge on any atom is 1.00 e. The van der Waals surface area contributed by atoms with Crippen LogP contribution >= 0.6 is 0 Å². The van der Waals surface area contributed by atoms with Gasteiger partial charge in [0.25, 0.3) is 12.2 Å². The second-order valence-electron chi connectivity index (χ2n) is 15.1. The second kappa shape index (κ2) is 31.7. The molecule has 306 valence electrons. The average Bonchev–Trinajstić information content (AvgIpc) is 3.14. The summed E-state index contributed by atoms with van der Waals surface area (Å²) in [6.45, 7) is 17.1. The Bertz CT molecular complexity index is 1970.